The molecule has 0 saturated carbocycles. The number of aliphatic hydroxyl groups is 1. The summed E-state index contributed by atoms with van der Waals surface area (Å²) in [5.74, 6) is -0.255. The largest absolute Gasteiger partial charge is 0.394 e. The number of aromatic nitrogens is 3. The molecule has 0 aliphatic rings. The molecule has 2 heterocycles. The summed E-state index contributed by atoms with van der Waals surface area (Å²) in [6.45, 7) is 1.76. The van der Waals surface area contributed by atoms with Crippen LogP contribution in [0.25, 0.3) is 11.0 Å². The van der Waals surface area contributed by atoms with Crippen molar-refractivity contribution in [1.29, 1.82) is 0 Å². The fourth-order valence-electron chi connectivity index (χ4n) is 2.47. The second-order valence-electron chi connectivity index (χ2n) is 5.49. The van der Waals surface area contributed by atoms with Crippen LogP contribution in [0.3, 0.4) is 0 Å². The Morgan fingerprint density at radius 1 is 1.35 bits per heavy atom. The maximum atomic E-state index is 12.4. The van der Waals surface area contributed by atoms with Crippen LogP contribution in [-0.2, 0) is 6.42 Å². The third-order valence-corrected chi connectivity index (χ3v) is 3.74. The van der Waals surface area contributed by atoms with Crippen molar-refractivity contribution in [2.45, 2.75) is 19.4 Å². The van der Waals surface area contributed by atoms with Crippen LogP contribution in [0.1, 0.15) is 21.6 Å². The summed E-state index contributed by atoms with van der Waals surface area (Å²) in [5, 5.41) is 20.1. The lowest BCUT2D eigenvalue weighted by molar-refractivity contribution is 0.0916. The number of aliphatic hydroxyl groups excluding tert-OH is 1. The molecule has 2 aromatic heterocycles. The number of H-pyrrole nitrogens is 1. The van der Waals surface area contributed by atoms with Crippen molar-refractivity contribution in [1.82, 2.24) is 20.5 Å². The fraction of sp³-hybridized carbons (Fsp3) is 0.235. The van der Waals surface area contributed by atoms with Gasteiger partial charge >= 0.3 is 0 Å². The maximum Gasteiger partial charge on any atom is 0.253 e. The maximum absolute atomic E-state index is 12.4. The molecule has 6 heteroatoms. The van der Waals surface area contributed by atoms with Crippen LogP contribution in [0.2, 0.25) is 0 Å². The molecule has 6 nitrogen and oxygen atoms in total. The van der Waals surface area contributed by atoms with Crippen LogP contribution in [0.5, 0.6) is 0 Å². The zero-order valence-corrected chi connectivity index (χ0v) is 12.8. The van der Waals surface area contributed by atoms with Crippen molar-refractivity contribution < 1.29 is 9.90 Å². The number of nitrogens with zero attached hydrogens (tertiary/aromatic N) is 2. The molecule has 23 heavy (non-hydrogen) atoms. The Morgan fingerprint density at radius 2 is 2.13 bits per heavy atom. The Kier molecular flexibility index (Phi) is 4.34. The van der Waals surface area contributed by atoms with Gasteiger partial charge in [-0.2, -0.15) is 5.10 Å². The lowest BCUT2D eigenvalue weighted by atomic mass is 10.1. The number of carbonyl (C=O) groups excluding carboxylic acids is 1. The van der Waals surface area contributed by atoms with Crippen molar-refractivity contribution >= 4 is 16.9 Å². The summed E-state index contributed by atoms with van der Waals surface area (Å²) in [4.78, 5) is 16.6. The van der Waals surface area contributed by atoms with E-state index in [2.05, 4.69) is 20.5 Å². The molecular weight excluding hydrogens is 292 g/mol. The molecule has 0 aliphatic heterocycles. The van der Waals surface area contributed by atoms with Gasteiger partial charge in [-0.05, 0) is 25.0 Å². The van der Waals surface area contributed by atoms with E-state index in [0.29, 0.717) is 17.6 Å². The monoisotopic (exact) mass is 310 g/mol. The minimum absolute atomic E-state index is 0.124. The van der Waals surface area contributed by atoms with E-state index in [-0.39, 0.29) is 18.6 Å². The van der Waals surface area contributed by atoms with Crippen LogP contribution in [0, 0.1) is 6.92 Å². The number of hydrogen-bond acceptors (Lipinski definition) is 4. The molecule has 0 fully saturated rings. The SMILES string of the molecule is Cc1[nH]nc2ncc(C(=O)NC(CO)Cc3ccccc3)cc12. The molecule has 0 radical (unpaired) electrons. The average molecular weight is 310 g/mol. The van der Waals surface area contributed by atoms with Crippen LogP contribution in [0.4, 0.5) is 0 Å². The van der Waals surface area contributed by atoms with Gasteiger partial charge in [-0.1, -0.05) is 30.3 Å². The zero-order chi connectivity index (χ0) is 16.2. The van der Waals surface area contributed by atoms with E-state index in [1.54, 1.807) is 6.07 Å². The third-order valence-electron chi connectivity index (χ3n) is 3.74. The number of aryl methyl sites for hydroxylation is 1. The lowest BCUT2D eigenvalue weighted by Crippen LogP contribution is -2.39. The normalized spacial score (nSPS) is 12.3. The molecule has 0 saturated heterocycles. The minimum atomic E-state index is -0.342. The van der Waals surface area contributed by atoms with Gasteiger partial charge in [0.15, 0.2) is 5.65 Å². The molecule has 1 atom stereocenters. The van der Waals surface area contributed by atoms with Gasteiger partial charge < -0.3 is 10.4 Å². The number of benzene rings is 1. The Labute approximate surface area is 133 Å². The number of rotatable bonds is 5. The Bertz CT molecular complexity index is 814. The van der Waals surface area contributed by atoms with Crippen LogP contribution in [-0.4, -0.2) is 38.8 Å². The summed E-state index contributed by atoms with van der Waals surface area (Å²) >= 11 is 0. The van der Waals surface area contributed by atoms with Gasteiger partial charge in [-0.25, -0.2) is 4.98 Å². The average Bonchev–Trinajstić information content (AvgIpc) is 2.95. The van der Waals surface area contributed by atoms with E-state index in [1.165, 1.54) is 6.20 Å². The van der Waals surface area contributed by atoms with Gasteiger partial charge in [0.2, 0.25) is 0 Å². The molecular formula is C17H18N4O2. The highest BCUT2D eigenvalue weighted by Gasteiger charge is 2.15. The molecule has 118 valence electrons. The lowest BCUT2D eigenvalue weighted by Gasteiger charge is -2.16. The zero-order valence-electron chi connectivity index (χ0n) is 12.8. The number of hydrogen-bond donors (Lipinski definition) is 3. The molecule has 1 aromatic carbocycles. The van der Waals surface area contributed by atoms with Crippen LogP contribution >= 0.6 is 0 Å². The molecule has 1 unspecified atom stereocenters. The summed E-state index contributed by atoms with van der Waals surface area (Å²) in [6, 6.07) is 11.2. The standard InChI is InChI=1S/C17H18N4O2/c1-11-15-8-13(9-18-16(15)21-20-11)17(23)19-14(10-22)7-12-5-3-2-4-6-12/h2-6,8-9,14,22H,7,10H2,1H3,(H,19,23)(H,18,20,21). The fourth-order valence-corrected chi connectivity index (χ4v) is 2.47. The van der Waals surface area contributed by atoms with E-state index < -0.39 is 0 Å². The summed E-state index contributed by atoms with van der Waals surface area (Å²) in [7, 11) is 0. The quantitative estimate of drug-likeness (QED) is 0.667. The van der Waals surface area contributed by atoms with Crippen molar-refractivity contribution in [2.24, 2.45) is 0 Å². The number of pyridine rings is 1. The predicted octanol–water partition coefficient (Wildman–Crippen LogP) is 1.60. The highest BCUT2D eigenvalue weighted by Crippen LogP contribution is 2.14. The molecule has 0 aliphatic carbocycles. The van der Waals surface area contributed by atoms with Crippen LogP contribution < -0.4 is 5.32 Å². The summed E-state index contributed by atoms with van der Waals surface area (Å²) in [6.07, 6.45) is 2.07. The van der Waals surface area contributed by atoms with E-state index in [0.717, 1.165) is 16.6 Å². The number of amides is 1. The van der Waals surface area contributed by atoms with Gasteiger partial charge in [0, 0.05) is 17.3 Å². The molecule has 0 spiro atoms. The van der Waals surface area contributed by atoms with Gasteiger partial charge in [0.1, 0.15) is 0 Å². The number of aromatic amines is 1. The smallest absolute Gasteiger partial charge is 0.253 e. The molecule has 1 amide bonds. The molecule has 0 bridgehead atoms. The second-order valence-corrected chi connectivity index (χ2v) is 5.49. The second kappa shape index (κ2) is 6.58. The van der Waals surface area contributed by atoms with E-state index in [4.69, 9.17) is 0 Å². The number of fused-ring (bicyclic) bond motifs is 1. The van der Waals surface area contributed by atoms with Gasteiger partial charge in [0.25, 0.3) is 5.91 Å². The third kappa shape index (κ3) is 3.37. The Hall–Kier alpha value is -2.73. The highest BCUT2D eigenvalue weighted by atomic mass is 16.3. The van der Waals surface area contributed by atoms with E-state index in [1.807, 2.05) is 37.3 Å². The van der Waals surface area contributed by atoms with Gasteiger partial charge in [-0.3, -0.25) is 9.89 Å². The van der Waals surface area contributed by atoms with Crippen molar-refractivity contribution in [3.63, 3.8) is 0 Å². The molecule has 3 rings (SSSR count). The summed E-state index contributed by atoms with van der Waals surface area (Å²) in [5.41, 5.74) is 2.96. The highest BCUT2D eigenvalue weighted by molar-refractivity contribution is 5.97. The Morgan fingerprint density at radius 3 is 2.87 bits per heavy atom. The first-order valence-corrected chi connectivity index (χ1v) is 7.43. The van der Waals surface area contributed by atoms with Crippen molar-refractivity contribution in [3.05, 3.63) is 59.4 Å². The molecule has 3 N–H and O–H groups in total. The van der Waals surface area contributed by atoms with Gasteiger partial charge in [-0.15, -0.1) is 0 Å². The topological polar surface area (TPSA) is 90.9 Å². The van der Waals surface area contributed by atoms with Crippen molar-refractivity contribution in [2.75, 3.05) is 6.61 Å². The minimum Gasteiger partial charge on any atom is -0.394 e. The van der Waals surface area contributed by atoms with Crippen molar-refractivity contribution in [3.8, 4) is 0 Å². The first kappa shape index (κ1) is 15.2. The van der Waals surface area contributed by atoms with Gasteiger partial charge in [0.05, 0.1) is 18.2 Å². The Balaban J connectivity index is 1.74. The van der Waals surface area contributed by atoms with Crippen LogP contribution in [0.15, 0.2) is 42.6 Å². The number of carbonyl (C=O) groups is 1. The first-order valence-electron chi connectivity index (χ1n) is 7.43. The summed E-state index contributed by atoms with van der Waals surface area (Å²) < 4.78 is 0. The number of nitrogens with one attached hydrogen (secondary N) is 2. The molecule has 3 aromatic rings. The van der Waals surface area contributed by atoms with E-state index >= 15 is 0 Å². The first-order chi connectivity index (χ1) is 11.2. The predicted molar refractivity (Wildman–Crippen MR) is 87.1 cm³/mol. The van der Waals surface area contributed by atoms with E-state index in [9.17, 15) is 9.90 Å².